The van der Waals surface area contributed by atoms with Crippen LogP contribution in [0.5, 0.6) is 0 Å². The average molecular weight is 592 g/mol. The second-order valence-electron chi connectivity index (χ2n) is 10.4. The van der Waals surface area contributed by atoms with E-state index in [1.807, 2.05) is 6.92 Å². The number of anilines is 1. The van der Waals surface area contributed by atoms with Crippen LogP contribution in [0.2, 0.25) is 0 Å². The monoisotopic (exact) mass is 591 g/mol. The number of pyridine rings is 1. The van der Waals surface area contributed by atoms with E-state index in [1.54, 1.807) is 17.0 Å². The van der Waals surface area contributed by atoms with Crippen LogP contribution < -0.4 is 16.1 Å². The number of likely N-dealkylation sites (tertiary alicyclic amines) is 1. The van der Waals surface area contributed by atoms with Crippen molar-refractivity contribution in [3.8, 4) is 11.4 Å². The van der Waals surface area contributed by atoms with Gasteiger partial charge in [-0.2, -0.15) is 0 Å². The molecule has 226 valence electrons. The Bertz CT molecular complexity index is 1730. The minimum absolute atomic E-state index is 0.110. The number of rotatable bonds is 12. The van der Waals surface area contributed by atoms with Gasteiger partial charge in [0.05, 0.1) is 13.2 Å². The first-order valence-corrected chi connectivity index (χ1v) is 14.4. The van der Waals surface area contributed by atoms with Gasteiger partial charge in [0.1, 0.15) is 23.0 Å². The lowest BCUT2D eigenvalue weighted by atomic mass is 10.1. The first kappa shape index (κ1) is 29.8. The van der Waals surface area contributed by atoms with Crippen LogP contribution in [0.4, 0.5) is 10.2 Å². The molecule has 0 radical (unpaired) electrons. The van der Waals surface area contributed by atoms with Crippen molar-refractivity contribution in [1.82, 2.24) is 29.0 Å². The molecular formula is C30H34FN7O5. The van der Waals surface area contributed by atoms with Crippen LogP contribution in [0.1, 0.15) is 43.0 Å². The molecule has 4 aromatic rings. The van der Waals surface area contributed by atoms with E-state index in [-0.39, 0.29) is 42.7 Å². The molecule has 4 heterocycles. The summed E-state index contributed by atoms with van der Waals surface area (Å²) in [5.74, 6) is 0.0198. The highest BCUT2D eigenvalue weighted by Crippen LogP contribution is 2.22. The lowest BCUT2D eigenvalue weighted by Crippen LogP contribution is -2.40. The highest BCUT2D eigenvalue weighted by molar-refractivity contribution is 6.05. The molecule has 1 N–H and O–H groups in total. The molecule has 43 heavy (non-hydrogen) atoms. The summed E-state index contributed by atoms with van der Waals surface area (Å²) in [4.78, 5) is 67.2. The van der Waals surface area contributed by atoms with Crippen molar-refractivity contribution in [3.05, 3.63) is 74.8 Å². The van der Waals surface area contributed by atoms with Gasteiger partial charge in [-0.3, -0.25) is 28.4 Å². The van der Waals surface area contributed by atoms with Crippen molar-refractivity contribution < 1.29 is 18.7 Å². The van der Waals surface area contributed by atoms with Gasteiger partial charge in [0, 0.05) is 57.0 Å². The summed E-state index contributed by atoms with van der Waals surface area (Å²) in [6, 6.07) is 8.69. The summed E-state index contributed by atoms with van der Waals surface area (Å²) in [6.45, 7) is 4.16. The molecule has 1 aliphatic heterocycles. The largest absolute Gasteiger partial charge is 0.383 e. The molecule has 0 unspecified atom stereocenters. The van der Waals surface area contributed by atoms with Crippen LogP contribution in [0, 0.1) is 5.82 Å². The van der Waals surface area contributed by atoms with Gasteiger partial charge < -0.3 is 14.6 Å². The number of hydrogen-bond acceptors (Lipinski definition) is 7. The average Bonchev–Trinajstić information content (AvgIpc) is 3.64. The van der Waals surface area contributed by atoms with Crippen molar-refractivity contribution >= 4 is 28.8 Å². The van der Waals surface area contributed by atoms with E-state index in [2.05, 4.69) is 15.0 Å². The number of benzene rings is 1. The number of carbonyl (C=O) groups excluding carboxylic acids is 2. The van der Waals surface area contributed by atoms with E-state index in [4.69, 9.17) is 4.74 Å². The quantitative estimate of drug-likeness (QED) is 0.268. The van der Waals surface area contributed by atoms with Crippen LogP contribution >= 0.6 is 0 Å². The Morgan fingerprint density at radius 2 is 1.86 bits per heavy atom. The zero-order valence-corrected chi connectivity index (χ0v) is 24.2. The number of amides is 2. The molecule has 0 aliphatic carbocycles. The number of nitrogens with zero attached hydrogens (tertiary/aromatic N) is 6. The van der Waals surface area contributed by atoms with Crippen molar-refractivity contribution in [1.29, 1.82) is 0 Å². The first-order valence-electron chi connectivity index (χ1n) is 14.4. The molecular weight excluding hydrogens is 557 g/mol. The molecule has 1 fully saturated rings. The molecule has 0 bridgehead atoms. The van der Waals surface area contributed by atoms with Crippen LogP contribution in [0.25, 0.3) is 22.6 Å². The number of ether oxygens (including phenoxy) is 1. The van der Waals surface area contributed by atoms with Crippen molar-refractivity contribution in [2.45, 2.75) is 45.7 Å². The minimum atomic E-state index is -0.452. The van der Waals surface area contributed by atoms with Crippen molar-refractivity contribution in [2.75, 3.05) is 38.3 Å². The molecule has 5 rings (SSSR count). The summed E-state index contributed by atoms with van der Waals surface area (Å²) in [6.07, 6.45) is 4.05. The zero-order chi connectivity index (χ0) is 30.5. The molecule has 1 aliphatic rings. The number of carbonyl (C=O) groups is 2. The number of hydrogen-bond donors (Lipinski definition) is 1. The highest BCUT2D eigenvalue weighted by Gasteiger charge is 2.23. The normalized spacial score (nSPS) is 13.3. The van der Waals surface area contributed by atoms with Gasteiger partial charge in [-0.1, -0.05) is 6.92 Å². The predicted molar refractivity (Wildman–Crippen MR) is 159 cm³/mol. The lowest BCUT2D eigenvalue weighted by Gasteiger charge is -2.24. The highest BCUT2D eigenvalue weighted by atomic mass is 19.1. The number of aromatic nitrogens is 5. The second-order valence-corrected chi connectivity index (χ2v) is 10.4. The van der Waals surface area contributed by atoms with E-state index in [0.29, 0.717) is 61.7 Å². The third-order valence-corrected chi connectivity index (χ3v) is 7.44. The smallest absolute Gasteiger partial charge is 0.332 e. The summed E-state index contributed by atoms with van der Waals surface area (Å²) in [5.41, 5.74) is 0.374. The van der Waals surface area contributed by atoms with Gasteiger partial charge in [-0.15, -0.1) is 0 Å². The van der Waals surface area contributed by atoms with Crippen LogP contribution in [-0.4, -0.2) is 74.2 Å². The van der Waals surface area contributed by atoms with Crippen LogP contribution in [0.3, 0.4) is 0 Å². The molecule has 13 heteroatoms. The number of imidazole rings is 1. The Morgan fingerprint density at radius 1 is 1.07 bits per heavy atom. The van der Waals surface area contributed by atoms with E-state index in [1.165, 1.54) is 51.6 Å². The van der Waals surface area contributed by atoms with E-state index in [9.17, 15) is 23.6 Å². The third-order valence-electron chi connectivity index (χ3n) is 7.44. The lowest BCUT2D eigenvalue weighted by molar-refractivity contribution is -0.127. The van der Waals surface area contributed by atoms with Gasteiger partial charge in [0.25, 0.3) is 11.5 Å². The number of H-pyrrole nitrogens is 1. The summed E-state index contributed by atoms with van der Waals surface area (Å²) < 4.78 is 21.3. The Labute approximate surface area is 246 Å². The summed E-state index contributed by atoms with van der Waals surface area (Å²) >= 11 is 0. The van der Waals surface area contributed by atoms with Gasteiger partial charge >= 0.3 is 5.69 Å². The van der Waals surface area contributed by atoms with Crippen molar-refractivity contribution in [3.63, 3.8) is 0 Å². The SMILES string of the molecule is CCCn1c(=O)c2[nH]c(-c3ccc(N(CCCN4CCCC4=O)C(=O)c4ccc(F)cc4)nc3)nc2n(CCOC)c1=O. The molecule has 1 saturated heterocycles. The summed E-state index contributed by atoms with van der Waals surface area (Å²) in [7, 11) is 1.53. The fourth-order valence-corrected chi connectivity index (χ4v) is 5.22. The first-order chi connectivity index (χ1) is 20.8. The van der Waals surface area contributed by atoms with Gasteiger partial charge in [0.2, 0.25) is 5.91 Å². The molecule has 0 spiro atoms. The maximum atomic E-state index is 13.5. The van der Waals surface area contributed by atoms with Gasteiger partial charge in [-0.25, -0.2) is 19.2 Å². The number of nitrogens with one attached hydrogen (secondary N) is 1. The molecule has 1 aromatic carbocycles. The predicted octanol–water partition coefficient (Wildman–Crippen LogP) is 2.80. The number of aromatic amines is 1. The van der Waals surface area contributed by atoms with E-state index >= 15 is 0 Å². The maximum Gasteiger partial charge on any atom is 0.332 e. The van der Waals surface area contributed by atoms with Crippen LogP contribution in [-0.2, 0) is 22.6 Å². The van der Waals surface area contributed by atoms with Crippen molar-refractivity contribution in [2.24, 2.45) is 0 Å². The van der Waals surface area contributed by atoms with Gasteiger partial charge in [-0.05, 0) is 55.7 Å². The number of halogens is 1. The fraction of sp³-hybridized carbons (Fsp3) is 0.400. The Hall–Kier alpha value is -4.65. The Balaban J connectivity index is 1.46. The van der Waals surface area contributed by atoms with E-state index in [0.717, 1.165) is 6.42 Å². The maximum absolute atomic E-state index is 13.5. The third kappa shape index (κ3) is 6.26. The van der Waals surface area contributed by atoms with Gasteiger partial charge in [0.15, 0.2) is 5.65 Å². The minimum Gasteiger partial charge on any atom is -0.383 e. The Kier molecular flexibility index (Phi) is 9.10. The molecule has 2 amide bonds. The molecule has 0 atom stereocenters. The number of fused-ring (bicyclic) bond motifs is 1. The second kappa shape index (κ2) is 13.1. The molecule has 0 saturated carbocycles. The molecule has 3 aromatic heterocycles. The van der Waals surface area contributed by atoms with Crippen LogP contribution in [0.15, 0.2) is 52.2 Å². The Morgan fingerprint density at radius 3 is 2.51 bits per heavy atom. The zero-order valence-electron chi connectivity index (χ0n) is 24.2. The summed E-state index contributed by atoms with van der Waals surface area (Å²) in [5, 5.41) is 0. The van der Waals surface area contributed by atoms with E-state index < -0.39 is 17.1 Å². The number of methoxy groups -OCH3 is 1. The molecule has 12 nitrogen and oxygen atoms in total. The topological polar surface area (TPSA) is 135 Å². The standard InChI is InChI=1S/C30H34FN7O5/c1-3-13-38-29(41)25-27(37(30(38)42)17-18-43-2)34-26(33-25)21-9-12-23(32-19-21)36(16-5-15-35-14-4-6-24(35)39)28(40)20-7-10-22(31)11-8-20/h7-12,19H,3-6,13-18H2,1-2H3,(H,33,34). The fourth-order valence-electron chi connectivity index (χ4n) is 5.22.